The molecule has 0 spiro atoms. The Labute approximate surface area is 172 Å². The van der Waals surface area contributed by atoms with Crippen molar-refractivity contribution in [1.82, 2.24) is 15.6 Å². The number of hydrogen-bond acceptors (Lipinski definition) is 7. The number of nitrogens with one attached hydrogen (secondary N) is 3. The molecule has 1 fully saturated rings. The third-order valence-corrected chi connectivity index (χ3v) is 6.19. The molecule has 2 aliphatic rings. The SMILES string of the molecule is C[C@H](NC1(C)N=C(C(=O)NC2CC[C@@H](O)C2)c2sccc2N1)c1cncc(F)c1. The Hall–Kier alpha value is -2.36. The molecule has 0 saturated heterocycles. The Balaban J connectivity index is 1.57. The number of amides is 1. The Kier molecular flexibility index (Phi) is 5.37. The lowest BCUT2D eigenvalue weighted by molar-refractivity contribution is -0.115. The van der Waals surface area contributed by atoms with E-state index in [1.807, 2.05) is 25.3 Å². The molecule has 4 atom stereocenters. The minimum atomic E-state index is -0.957. The number of rotatable bonds is 5. The minimum absolute atomic E-state index is 0.0463. The molecule has 4 rings (SSSR count). The molecule has 154 valence electrons. The monoisotopic (exact) mass is 417 g/mol. The van der Waals surface area contributed by atoms with Gasteiger partial charge in [0.2, 0.25) is 0 Å². The summed E-state index contributed by atoms with van der Waals surface area (Å²) in [6.07, 6.45) is 4.42. The van der Waals surface area contributed by atoms with E-state index in [4.69, 9.17) is 4.99 Å². The summed E-state index contributed by atoms with van der Waals surface area (Å²) in [5.41, 5.74) is 1.86. The van der Waals surface area contributed by atoms with Crippen molar-refractivity contribution < 1.29 is 14.3 Å². The van der Waals surface area contributed by atoms with Crippen molar-refractivity contribution in [3.63, 3.8) is 0 Å². The standard InChI is InChI=1S/C20H24FN5O2S/c1-11(12-7-13(21)10-22-9-12)24-20(2)25-16-5-6-29-18(16)17(26-20)19(28)23-14-3-4-15(27)8-14/h5-7,9-11,14-15,24-25,27H,3-4,8H2,1-2H3,(H,23,28)/t11-,14?,15+,20?/m0/s1. The number of hydrogen-bond donors (Lipinski definition) is 4. The Bertz CT molecular complexity index is 948. The van der Waals surface area contributed by atoms with E-state index in [2.05, 4.69) is 20.9 Å². The zero-order chi connectivity index (χ0) is 20.6. The fourth-order valence-corrected chi connectivity index (χ4v) is 4.73. The van der Waals surface area contributed by atoms with Crippen molar-refractivity contribution in [3.05, 3.63) is 46.2 Å². The zero-order valence-electron chi connectivity index (χ0n) is 16.3. The topological polar surface area (TPSA) is 98.6 Å². The second-order valence-electron chi connectivity index (χ2n) is 7.76. The van der Waals surface area contributed by atoms with Crippen LogP contribution in [0.4, 0.5) is 10.1 Å². The number of pyridine rings is 1. The van der Waals surface area contributed by atoms with Gasteiger partial charge in [0.15, 0.2) is 5.79 Å². The van der Waals surface area contributed by atoms with Crippen molar-refractivity contribution in [2.75, 3.05) is 5.32 Å². The van der Waals surface area contributed by atoms with Crippen LogP contribution in [0.5, 0.6) is 0 Å². The number of halogens is 1. The van der Waals surface area contributed by atoms with Crippen LogP contribution >= 0.6 is 11.3 Å². The average Bonchev–Trinajstić information content (AvgIpc) is 3.29. The van der Waals surface area contributed by atoms with Gasteiger partial charge in [0.1, 0.15) is 11.5 Å². The van der Waals surface area contributed by atoms with Gasteiger partial charge in [0.25, 0.3) is 5.91 Å². The second-order valence-corrected chi connectivity index (χ2v) is 8.68. The summed E-state index contributed by atoms with van der Waals surface area (Å²) < 4.78 is 13.5. The Morgan fingerprint density at radius 3 is 3.00 bits per heavy atom. The molecular formula is C20H24FN5O2S. The fourth-order valence-electron chi connectivity index (χ4n) is 3.89. The normalized spacial score (nSPS) is 27.0. The van der Waals surface area contributed by atoms with Crippen LogP contribution in [0.3, 0.4) is 0 Å². The molecule has 1 aliphatic heterocycles. The average molecular weight is 418 g/mol. The van der Waals surface area contributed by atoms with Crippen LogP contribution in [0, 0.1) is 5.82 Å². The first-order valence-corrected chi connectivity index (χ1v) is 10.5. The van der Waals surface area contributed by atoms with Gasteiger partial charge < -0.3 is 15.7 Å². The molecule has 2 unspecified atom stereocenters. The molecule has 9 heteroatoms. The van der Waals surface area contributed by atoms with Crippen molar-refractivity contribution in [2.24, 2.45) is 4.99 Å². The molecule has 2 aromatic rings. The maximum Gasteiger partial charge on any atom is 0.271 e. The van der Waals surface area contributed by atoms with Gasteiger partial charge in [-0.3, -0.25) is 15.1 Å². The van der Waals surface area contributed by atoms with Crippen LogP contribution in [0.2, 0.25) is 0 Å². The highest BCUT2D eigenvalue weighted by atomic mass is 32.1. The van der Waals surface area contributed by atoms with Gasteiger partial charge in [-0.1, -0.05) is 0 Å². The largest absolute Gasteiger partial charge is 0.393 e. The lowest BCUT2D eigenvalue weighted by atomic mass is 10.1. The van der Waals surface area contributed by atoms with Gasteiger partial charge >= 0.3 is 0 Å². The van der Waals surface area contributed by atoms with E-state index in [0.29, 0.717) is 24.1 Å². The number of aliphatic hydroxyl groups excluding tert-OH is 1. The summed E-state index contributed by atoms with van der Waals surface area (Å²) in [5, 5.41) is 21.3. The molecule has 2 aromatic heterocycles. The second kappa shape index (κ2) is 7.81. The zero-order valence-corrected chi connectivity index (χ0v) is 17.1. The summed E-state index contributed by atoms with van der Waals surface area (Å²) >= 11 is 1.45. The van der Waals surface area contributed by atoms with E-state index in [-0.39, 0.29) is 24.1 Å². The lowest BCUT2D eigenvalue weighted by Crippen LogP contribution is -2.53. The molecule has 0 radical (unpaired) electrons. The number of aromatic nitrogens is 1. The van der Waals surface area contributed by atoms with Crippen LogP contribution in [0.1, 0.15) is 49.6 Å². The number of fused-ring (bicyclic) bond motifs is 1. The third-order valence-electron chi connectivity index (χ3n) is 5.27. The Morgan fingerprint density at radius 1 is 1.45 bits per heavy atom. The molecule has 7 nitrogen and oxygen atoms in total. The third kappa shape index (κ3) is 4.31. The van der Waals surface area contributed by atoms with Gasteiger partial charge in [0.05, 0.1) is 22.9 Å². The number of nitrogens with zero attached hydrogens (tertiary/aromatic N) is 2. The van der Waals surface area contributed by atoms with Gasteiger partial charge in [-0.25, -0.2) is 9.38 Å². The minimum Gasteiger partial charge on any atom is -0.393 e. The fraction of sp³-hybridized carbons (Fsp3) is 0.450. The molecular weight excluding hydrogens is 393 g/mol. The van der Waals surface area contributed by atoms with Crippen molar-refractivity contribution in [2.45, 2.75) is 57.1 Å². The number of carbonyl (C=O) groups excluding carboxylic acids is 1. The molecule has 29 heavy (non-hydrogen) atoms. The first-order chi connectivity index (χ1) is 13.8. The lowest BCUT2D eigenvalue weighted by Gasteiger charge is -2.35. The number of anilines is 1. The highest BCUT2D eigenvalue weighted by Crippen LogP contribution is 2.32. The number of carbonyl (C=O) groups is 1. The van der Waals surface area contributed by atoms with Crippen LogP contribution in [-0.4, -0.2) is 39.6 Å². The maximum absolute atomic E-state index is 13.5. The van der Waals surface area contributed by atoms with Crippen LogP contribution in [0.15, 0.2) is 34.9 Å². The van der Waals surface area contributed by atoms with Crippen LogP contribution in [0.25, 0.3) is 0 Å². The predicted molar refractivity (Wildman–Crippen MR) is 110 cm³/mol. The van der Waals surface area contributed by atoms with E-state index in [9.17, 15) is 14.3 Å². The molecule has 4 N–H and O–H groups in total. The molecule has 1 aliphatic carbocycles. The highest BCUT2D eigenvalue weighted by Gasteiger charge is 2.36. The van der Waals surface area contributed by atoms with Crippen molar-refractivity contribution >= 4 is 28.6 Å². The van der Waals surface area contributed by atoms with Crippen LogP contribution in [-0.2, 0) is 4.79 Å². The number of aliphatic hydroxyl groups is 1. The van der Waals surface area contributed by atoms with Gasteiger partial charge in [0, 0.05) is 18.3 Å². The van der Waals surface area contributed by atoms with E-state index in [1.165, 1.54) is 17.4 Å². The summed E-state index contributed by atoms with van der Waals surface area (Å²) in [6, 6.07) is 3.04. The Morgan fingerprint density at radius 2 is 2.28 bits per heavy atom. The van der Waals surface area contributed by atoms with E-state index < -0.39 is 11.6 Å². The van der Waals surface area contributed by atoms with Gasteiger partial charge in [-0.2, -0.15) is 0 Å². The molecule has 3 heterocycles. The molecule has 0 bridgehead atoms. The van der Waals surface area contributed by atoms with E-state index >= 15 is 0 Å². The number of thiophene rings is 1. The first kappa shape index (κ1) is 19.9. The summed E-state index contributed by atoms with van der Waals surface area (Å²) in [5.74, 6) is -1.61. The van der Waals surface area contributed by atoms with Crippen LogP contribution < -0.4 is 16.0 Å². The highest BCUT2D eigenvalue weighted by molar-refractivity contribution is 7.13. The quantitative estimate of drug-likeness (QED) is 0.599. The number of aliphatic imine (C=N–C) groups is 1. The summed E-state index contributed by atoms with van der Waals surface area (Å²) in [7, 11) is 0. The maximum atomic E-state index is 13.5. The summed E-state index contributed by atoms with van der Waals surface area (Å²) in [6.45, 7) is 3.73. The van der Waals surface area contributed by atoms with Crippen molar-refractivity contribution in [3.8, 4) is 0 Å². The van der Waals surface area contributed by atoms with Crippen molar-refractivity contribution in [1.29, 1.82) is 0 Å². The molecule has 1 saturated carbocycles. The summed E-state index contributed by atoms with van der Waals surface area (Å²) in [4.78, 5) is 22.3. The van der Waals surface area contributed by atoms with Gasteiger partial charge in [-0.15, -0.1) is 11.3 Å². The molecule has 1 amide bonds. The van der Waals surface area contributed by atoms with E-state index in [1.54, 1.807) is 6.20 Å². The first-order valence-electron chi connectivity index (χ1n) is 9.66. The van der Waals surface area contributed by atoms with Gasteiger partial charge in [-0.05, 0) is 56.2 Å². The predicted octanol–water partition coefficient (Wildman–Crippen LogP) is 2.55. The smallest absolute Gasteiger partial charge is 0.271 e. The van der Waals surface area contributed by atoms with E-state index in [0.717, 1.165) is 23.2 Å². The molecule has 0 aromatic carbocycles.